The van der Waals surface area contributed by atoms with Crippen molar-refractivity contribution in [2.75, 3.05) is 12.4 Å². The van der Waals surface area contributed by atoms with Gasteiger partial charge in [0.25, 0.3) is 0 Å². The van der Waals surface area contributed by atoms with Crippen LogP contribution >= 0.6 is 15.9 Å². The molecule has 0 aromatic heterocycles. The smallest absolute Gasteiger partial charge is 0.147 e. The summed E-state index contributed by atoms with van der Waals surface area (Å²) in [7, 11) is 1.52. The molecule has 0 fully saturated rings. The van der Waals surface area contributed by atoms with Gasteiger partial charge in [-0.3, -0.25) is 0 Å². The van der Waals surface area contributed by atoms with Crippen molar-refractivity contribution in [2.24, 2.45) is 0 Å². The molecule has 0 saturated carbocycles. The molecule has 0 bridgehead atoms. The van der Waals surface area contributed by atoms with Crippen molar-refractivity contribution in [3.63, 3.8) is 0 Å². The van der Waals surface area contributed by atoms with E-state index in [0.29, 0.717) is 28.0 Å². The molecule has 102 valence electrons. The molecule has 0 unspecified atom stereocenters. The van der Waals surface area contributed by atoms with Gasteiger partial charge in [0.15, 0.2) is 0 Å². The molecule has 0 radical (unpaired) electrons. The van der Waals surface area contributed by atoms with Gasteiger partial charge in [-0.25, -0.2) is 4.39 Å². The standard InChI is InChI=1S/C15H12BrFN2O/c1-20-15-5-2-10(6-11(15)8-18)9-19-14-4-3-12(16)7-13(14)17/h2-7,19H,9H2,1H3. The first-order valence-corrected chi connectivity index (χ1v) is 6.69. The van der Waals surface area contributed by atoms with Crippen molar-refractivity contribution in [1.82, 2.24) is 0 Å². The topological polar surface area (TPSA) is 45.0 Å². The average Bonchev–Trinajstić information content (AvgIpc) is 2.46. The van der Waals surface area contributed by atoms with Crippen molar-refractivity contribution in [2.45, 2.75) is 6.54 Å². The highest BCUT2D eigenvalue weighted by Gasteiger charge is 2.05. The lowest BCUT2D eigenvalue weighted by Crippen LogP contribution is -2.02. The summed E-state index contributed by atoms with van der Waals surface area (Å²) in [6.45, 7) is 0.428. The van der Waals surface area contributed by atoms with Gasteiger partial charge in [-0.15, -0.1) is 0 Å². The highest BCUT2D eigenvalue weighted by molar-refractivity contribution is 9.10. The fraction of sp³-hybridized carbons (Fsp3) is 0.133. The Morgan fingerprint density at radius 1 is 1.30 bits per heavy atom. The van der Waals surface area contributed by atoms with Crippen molar-refractivity contribution in [3.8, 4) is 11.8 Å². The Balaban J connectivity index is 2.13. The summed E-state index contributed by atoms with van der Waals surface area (Å²) in [5.41, 5.74) is 1.76. The third-order valence-corrected chi connectivity index (χ3v) is 3.29. The summed E-state index contributed by atoms with van der Waals surface area (Å²) in [5, 5.41) is 12.0. The van der Waals surface area contributed by atoms with E-state index in [1.54, 1.807) is 24.3 Å². The van der Waals surface area contributed by atoms with Crippen molar-refractivity contribution >= 4 is 21.6 Å². The highest BCUT2D eigenvalue weighted by atomic mass is 79.9. The summed E-state index contributed by atoms with van der Waals surface area (Å²) in [4.78, 5) is 0. The Hall–Kier alpha value is -2.06. The number of nitrogens with zero attached hydrogens (tertiary/aromatic N) is 1. The number of anilines is 1. The first-order valence-electron chi connectivity index (χ1n) is 5.90. The Morgan fingerprint density at radius 3 is 2.75 bits per heavy atom. The molecule has 0 spiro atoms. The number of nitrogens with one attached hydrogen (secondary N) is 1. The molecule has 0 amide bonds. The fourth-order valence-corrected chi connectivity index (χ4v) is 2.12. The van der Waals surface area contributed by atoms with E-state index in [-0.39, 0.29) is 5.82 Å². The van der Waals surface area contributed by atoms with Gasteiger partial charge in [0.2, 0.25) is 0 Å². The molecule has 20 heavy (non-hydrogen) atoms. The molecule has 2 aromatic carbocycles. The van der Waals surface area contributed by atoms with Gasteiger partial charge >= 0.3 is 0 Å². The summed E-state index contributed by atoms with van der Waals surface area (Å²) >= 11 is 3.21. The highest BCUT2D eigenvalue weighted by Crippen LogP contribution is 2.22. The number of nitriles is 1. The maximum absolute atomic E-state index is 13.7. The number of halogens is 2. The van der Waals surface area contributed by atoms with E-state index in [4.69, 9.17) is 10.00 Å². The van der Waals surface area contributed by atoms with Crippen LogP contribution in [0.1, 0.15) is 11.1 Å². The van der Waals surface area contributed by atoms with Crippen LogP contribution in [0.15, 0.2) is 40.9 Å². The molecule has 0 aliphatic heterocycles. The van der Waals surface area contributed by atoms with Gasteiger partial charge in [-0.1, -0.05) is 22.0 Å². The zero-order chi connectivity index (χ0) is 14.5. The second-order valence-corrected chi connectivity index (χ2v) is 5.04. The molecule has 0 aliphatic carbocycles. The van der Waals surface area contributed by atoms with Gasteiger partial charge < -0.3 is 10.1 Å². The zero-order valence-electron chi connectivity index (χ0n) is 10.8. The molecule has 0 atom stereocenters. The minimum Gasteiger partial charge on any atom is -0.495 e. The lowest BCUT2D eigenvalue weighted by atomic mass is 10.1. The Labute approximate surface area is 125 Å². The predicted octanol–water partition coefficient (Wildman–Crippen LogP) is 4.08. The Kier molecular flexibility index (Phi) is 4.59. The number of rotatable bonds is 4. The number of hydrogen-bond acceptors (Lipinski definition) is 3. The van der Waals surface area contributed by atoms with E-state index in [1.807, 2.05) is 6.07 Å². The fourth-order valence-electron chi connectivity index (χ4n) is 1.78. The molecule has 2 aromatic rings. The molecule has 0 aliphatic rings. The second-order valence-electron chi connectivity index (χ2n) is 4.12. The maximum Gasteiger partial charge on any atom is 0.147 e. The summed E-state index contributed by atoms with van der Waals surface area (Å²) in [6, 6.07) is 12.2. The summed E-state index contributed by atoms with van der Waals surface area (Å²) < 4.78 is 19.4. The van der Waals surface area contributed by atoms with E-state index in [1.165, 1.54) is 13.2 Å². The van der Waals surface area contributed by atoms with Gasteiger partial charge in [0.1, 0.15) is 17.6 Å². The van der Waals surface area contributed by atoms with Crippen molar-refractivity contribution < 1.29 is 9.13 Å². The van der Waals surface area contributed by atoms with Crippen molar-refractivity contribution in [3.05, 3.63) is 57.8 Å². The minimum absolute atomic E-state index is 0.326. The van der Waals surface area contributed by atoms with Gasteiger partial charge in [-0.2, -0.15) is 5.26 Å². The molecule has 0 heterocycles. The molecule has 5 heteroatoms. The second kappa shape index (κ2) is 6.40. The quantitative estimate of drug-likeness (QED) is 0.916. The zero-order valence-corrected chi connectivity index (χ0v) is 12.4. The van der Waals surface area contributed by atoms with Crippen LogP contribution in [-0.4, -0.2) is 7.11 Å². The number of hydrogen-bond donors (Lipinski definition) is 1. The van der Waals surface area contributed by atoms with Crippen LogP contribution in [0.2, 0.25) is 0 Å². The largest absolute Gasteiger partial charge is 0.495 e. The van der Waals surface area contributed by atoms with E-state index in [0.717, 1.165) is 5.56 Å². The van der Waals surface area contributed by atoms with Crippen LogP contribution in [0.5, 0.6) is 5.75 Å². The van der Waals surface area contributed by atoms with Gasteiger partial charge in [0.05, 0.1) is 18.4 Å². The molecule has 1 N–H and O–H groups in total. The monoisotopic (exact) mass is 334 g/mol. The van der Waals surface area contributed by atoms with E-state index in [9.17, 15) is 4.39 Å². The maximum atomic E-state index is 13.7. The predicted molar refractivity (Wildman–Crippen MR) is 79.1 cm³/mol. The lowest BCUT2D eigenvalue weighted by Gasteiger charge is -2.09. The molecule has 3 nitrogen and oxygen atoms in total. The molecular weight excluding hydrogens is 323 g/mol. The molecule has 0 saturated heterocycles. The minimum atomic E-state index is -0.326. The summed E-state index contributed by atoms with van der Waals surface area (Å²) in [5.74, 6) is 0.208. The third-order valence-electron chi connectivity index (χ3n) is 2.80. The van der Waals surface area contributed by atoms with E-state index in [2.05, 4.69) is 27.3 Å². The Bertz CT molecular complexity index is 667. The molecule has 2 rings (SSSR count). The average molecular weight is 335 g/mol. The number of benzene rings is 2. The first kappa shape index (κ1) is 14.4. The number of methoxy groups -OCH3 is 1. The third kappa shape index (κ3) is 3.28. The van der Waals surface area contributed by atoms with Crippen LogP contribution < -0.4 is 10.1 Å². The number of ether oxygens (including phenoxy) is 1. The van der Waals surface area contributed by atoms with E-state index < -0.39 is 0 Å². The molecular formula is C15H12BrFN2O. The van der Waals surface area contributed by atoms with Crippen LogP contribution in [0, 0.1) is 17.1 Å². The van der Waals surface area contributed by atoms with Crippen LogP contribution in [0.4, 0.5) is 10.1 Å². The van der Waals surface area contributed by atoms with Crippen LogP contribution in [0.3, 0.4) is 0 Å². The van der Waals surface area contributed by atoms with Crippen LogP contribution in [0.25, 0.3) is 0 Å². The van der Waals surface area contributed by atoms with Gasteiger partial charge in [-0.05, 0) is 35.9 Å². The lowest BCUT2D eigenvalue weighted by molar-refractivity contribution is 0.413. The van der Waals surface area contributed by atoms with Crippen LogP contribution in [-0.2, 0) is 6.54 Å². The first-order chi connectivity index (χ1) is 9.63. The SMILES string of the molecule is COc1ccc(CNc2ccc(Br)cc2F)cc1C#N. The summed E-state index contributed by atoms with van der Waals surface area (Å²) in [6.07, 6.45) is 0. The normalized spacial score (nSPS) is 9.90. The van der Waals surface area contributed by atoms with E-state index >= 15 is 0 Å². The van der Waals surface area contributed by atoms with Crippen molar-refractivity contribution in [1.29, 1.82) is 5.26 Å². The van der Waals surface area contributed by atoms with Gasteiger partial charge in [0, 0.05) is 11.0 Å². The Morgan fingerprint density at radius 2 is 2.10 bits per heavy atom.